The van der Waals surface area contributed by atoms with Crippen LogP contribution in [0.4, 0.5) is 0 Å². The van der Waals surface area contributed by atoms with E-state index in [4.69, 9.17) is 9.47 Å². The second-order valence-electron chi connectivity index (χ2n) is 6.04. The summed E-state index contributed by atoms with van der Waals surface area (Å²) >= 11 is 0. The second kappa shape index (κ2) is 9.32. The number of halogens is 1. The molecule has 0 saturated carbocycles. The Morgan fingerprint density at radius 1 is 1.35 bits per heavy atom. The first-order chi connectivity index (χ1) is 10.5. The van der Waals surface area contributed by atoms with Crippen molar-refractivity contribution >= 4 is 29.9 Å². The van der Waals surface area contributed by atoms with E-state index in [1.807, 2.05) is 12.1 Å². The molecule has 130 valence electrons. The molecule has 1 saturated heterocycles. The van der Waals surface area contributed by atoms with Gasteiger partial charge in [-0.1, -0.05) is 6.07 Å². The first kappa shape index (κ1) is 20.0. The quantitative estimate of drug-likeness (QED) is 0.426. The average Bonchev–Trinajstić information content (AvgIpc) is 2.94. The summed E-state index contributed by atoms with van der Waals surface area (Å²) in [6.07, 6.45) is 2.22. The number of methoxy groups -OCH3 is 1. The zero-order valence-electron chi connectivity index (χ0n) is 14.4. The van der Waals surface area contributed by atoms with Crippen molar-refractivity contribution in [3.05, 3.63) is 29.3 Å². The molecule has 1 heterocycles. The van der Waals surface area contributed by atoms with Crippen LogP contribution >= 0.6 is 24.0 Å². The number of hydrogen-bond donors (Lipinski definition) is 2. The Hall–Kier alpha value is -1.02. The fraction of sp³-hybridized carbons (Fsp3) is 0.588. The lowest BCUT2D eigenvalue weighted by Crippen LogP contribution is -2.45. The predicted octanol–water partition coefficient (Wildman–Crippen LogP) is 2.86. The van der Waals surface area contributed by atoms with E-state index >= 15 is 0 Å². The van der Waals surface area contributed by atoms with Crippen LogP contribution in [-0.4, -0.2) is 38.9 Å². The molecule has 1 unspecified atom stereocenters. The highest BCUT2D eigenvalue weighted by molar-refractivity contribution is 14.0. The Balaban J connectivity index is 0.00000264. The molecule has 0 amide bonds. The van der Waals surface area contributed by atoms with Crippen LogP contribution in [0.15, 0.2) is 23.2 Å². The normalized spacial score (nSPS) is 20.8. The van der Waals surface area contributed by atoms with E-state index in [9.17, 15) is 0 Å². The first-order valence-corrected chi connectivity index (χ1v) is 7.78. The van der Waals surface area contributed by atoms with Crippen LogP contribution < -0.4 is 15.4 Å². The summed E-state index contributed by atoms with van der Waals surface area (Å²) in [7, 11) is 3.47. The Labute approximate surface area is 156 Å². The summed E-state index contributed by atoms with van der Waals surface area (Å²) in [5, 5.41) is 6.68. The SMILES string of the molecule is CN=C(NCc1cc(C)cc(OC)c1)NCC1(C)CCCO1.I. The third-order valence-corrected chi connectivity index (χ3v) is 3.96. The van der Waals surface area contributed by atoms with Gasteiger partial charge in [0.05, 0.1) is 12.7 Å². The minimum absolute atomic E-state index is 0. The zero-order valence-corrected chi connectivity index (χ0v) is 16.8. The lowest BCUT2D eigenvalue weighted by atomic mass is 10.0. The summed E-state index contributed by atoms with van der Waals surface area (Å²) in [4.78, 5) is 4.27. The average molecular weight is 433 g/mol. The molecule has 1 aliphatic heterocycles. The number of rotatable bonds is 5. The van der Waals surface area contributed by atoms with E-state index in [1.54, 1.807) is 14.2 Å². The van der Waals surface area contributed by atoms with Crippen molar-refractivity contribution in [1.29, 1.82) is 0 Å². The highest BCUT2D eigenvalue weighted by Crippen LogP contribution is 2.23. The molecule has 1 atom stereocenters. The van der Waals surface area contributed by atoms with Crippen LogP contribution in [0.3, 0.4) is 0 Å². The van der Waals surface area contributed by atoms with Gasteiger partial charge in [0.15, 0.2) is 5.96 Å². The van der Waals surface area contributed by atoms with Crippen molar-refractivity contribution < 1.29 is 9.47 Å². The van der Waals surface area contributed by atoms with Crippen LogP contribution in [0.2, 0.25) is 0 Å². The van der Waals surface area contributed by atoms with Gasteiger partial charge in [-0.15, -0.1) is 24.0 Å². The van der Waals surface area contributed by atoms with Crippen LogP contribution in [-0.2, 0) is 11.3 Å². The van der Waals surface area contributed by atoms with Gasteiger partial charge < -0.3 is 20.1 Å². The smallest absolute Gasteiger partial charge is 0.191 e. The molecule has 0 aliphatic carbocycles. The van der Waals surface area contributed by atoms with E-state index < -0.39 is 0 Å². The Morgan fingerprint density at radius 2 is 2.13 bits per heavy atom. The highest BCUT2D eigenvalue weighted by Gasteiger charge is 2.29. The standard InChI is InChI=1S/C17H27N3O2.HI/c1-13-8-14(10-15(9-13)21-4)11-19-16(18-3)20-12-17(2)6-5-7-22-17;/h8-10H,5-7,11-12H2,1-4H3,(H2,18,19,20);1H. The molecule has 6 heteroatoms. The molecule has 0 spiro atoms. The van der Waals surface area contributed by atoms with Crippen molar-refractivity contribution in [3.8, 4) is 5.75 Å². The predicted molar refractivity (Wildman–Crippen MR) is 105 cm³/mol. The number of nitrogens with zero attached hydrogens (tertiary/aromatic N) is 1. The van der Waals surface area contributed by atoms with Crippen molar-refractivity contribution in [2.75, 3.05) is 27.3 Å². The molecule has 0 bridgehead atoms. The molecule has 2 N–H and O–H groups in total. The molecular formula is C17H28IN3O2. The van der Waals surface area contributed by atoms with Crippen LogP contribution in [0.25, 0.3) is 0 Å². The zero-order chi connectivity index (χ0) is 16.0. The number of benzene rings is 1. The van der Waals surface area contributed by atoms with E-state index in [2.05, 4.69) is 35.5 Å². The van der Waals surface area contributed by atoms with Gasteiger partial charge in [0.1, 0.15) is 5.75 Å². The molecule has 1 fully saturated rings. The highest BCUT2D eigenvalue weighted by atomic mass is 127. The molecule has 1 aliphatic rings. The van der Waals surface area contributed by atoms with Crippen molar-refractivity contribution in [2.45, 2.75) is 38.8 Å². The van der Waals surface area contributed by atoms with Gasteiger partial charge in [-0.25, -0.2) is 0 Å². The van der Waals surface area contributed by atoms with Crippen molar-refractivity contribution in [1.82, 2.24) is 10.6 Å². The fourth-order valence-electron chi connectivity index (χ4n) is 2.70. The maximum absolute atomic E-state index is 5.78. The third-order valence-electron chi connectivity index (χ3n) is 3.96. The van der Waals surface area contributed by atoms with E-state index in [0.717, 1.165) is 37.7 Å². The van der Waals surface area contributed by atoms with Crippen molar-refractivity contribution in [3.63, 3.8) is 0 Å². The summed E-state index contributed by atoms with van der Waals surface area (Å²) in [5.74, 6) is 1.67. The topological polar surface area (TPSA) is 54.9 Å². The van der Waals surface area contributed by atoms with Crippen LogP contribution in [0.5, 0.6) is 5.75 Å². The Kier molecular flexibility index (Phi) is 8.11. The van der Waals surface area contributed by atoms with Crippen molar-refractivity contribution in [2.24, 2.45) is 4.99 Å². The van der Waals surface area contributed by atoms with Crippen LogP contribution in [0, 0.1) is 6.92 Å². The minimum Gasteiger partial charge on any atom is -0.497 e. The lowest BCUT2D eigenvalue weighted by molar-refractivity contribution is 0.0243. The van der Waals surface area contributed by atoms with Gasteiger partial charge in [-0.2, -0.15) is 0 Å². The molecule has 0 aromatic heterocycles. The number of aliphatic imine (C=N–C) groups is 1. The van der Waals surface area contributed by atoms with Gasteiger partial charge in [0.25, 0.3) is 0 Å². The van der Waals surface area contributed by atoms with Gasteiger partial charge in [-0.3, -0.25) is 4.99 Å². The monoisotopic (exact) mass is 433 g/mol. The van der Waals surface area contributed by atoms with E-state index in [0.29, 0.717) is 6.54 Å². The number of nitrogens with one attached hydrogen (secondary N) is 2. The number of aryl methyl sites for hydroxylation is 1. The van der Waals surface area contributed by atoms with Gasteiger partial charge in [0.2, 0.25) is 0 Å². The summed E-state index contributed by atoms with van der Waals surface area (Å²) in [5.41, 5.74) is 2.28. The molecular weight excluding hydrogens is 405 g/mol. The maximum Gasteiger partial charge on any atom is 0.191 e. The Bertz CT molecular complexity index is 529. The minimum atomic E-state index is -0.0792. The molecule has 0 radical (unpaired) electrons. The number of ether oxygens (including phenoxy) is 2. The molecule has 5 nitrogen and oxygen atoms in total. The van der Waals surface area contributed by atoms with E-state index in [1.165, 1.54) is 11.1 Å². The maximum atomic E-state index is 5.78. The third kappa shape index (κ3) is 6.18. The molecule has 1 aromatic carbocycles. The number of hydrogen-bond acceptors (Lipinski definition) is 3. The summed E-state index contributed by atoms with van der Waals surface area (Å²) in [6, 6.07) is 6.20. The fourth-order valence-corrected chi connectivity index (χ4v) is 2.70. The summed E-state index contributed by atoms with van der Waals surface area (Å²) < 4.78 is 11.1. The lowest BCUT2D eigenvalue weighted by Gasteiger charge is -2.24. The van der Waals surface area contributed by atoms with Gasteiger partial charge in [-0.05, 0) is 49.9 Å². The summed E-state index contributed by atoms with van der Waals surface area (Å²) in [6.45, 7) is 6.54. The van der Waals surface area contributed by atoms with Gasteiger partial charge in [0, 0.05) is 26.7 Å². The van der Waals surface area contributed by atoms with E-state index in [-0.39, 0.29) is 29.6 Å². The Morgan fingerprint density at radius 3 is 2.74 bits per heavy atom. The van der Waals surface area contributed by atoms with Gasteiger partial charge >= 0.3 is 0 Å². The second-order valence-corrected chi connectivity index (χ2v) is 6.04. The molecule has 2 rings (SSSR count). The largest absolute Gasteiger partial charge is 0.497 e. The molecule has 1 aromatic rings. The number of guanidine groups is 1. The molecule has 23 heavy (non-hydrogen) atoms. The first-order valence-electron chi connectivity index (χ1n) is 7.78. The van der Waals surface area contributed by atoms with Crippen LogP contribution in [0.1, 0.15) is 30.9 Å².